The third-order valence-electron chi connectivity index (χ3n) is 1.36. The van der Waals surface area contributed by atoms with Gasteiger partial charge in [0.25, 0.3) is 0 Å². The van der Waals surface area contributed by atoms with Crippen LogP contribution in [0.25, 0.3) is 0 Å². The molecule has 0 amide bonds. The van der Waals surface area contributed by atoms with Gasteiger partial charge in [0.1, 0.15) is 5.75 Å². The van der Waals surface area contributed by atoms with Crippen LogP contribution < -0.4 is 4.74 Å². The van der Waals surface area contributed by atoms with Crippen LogP contribution >= 0.6 is 12.6 Å². The van der Waals surface area contributed by atoms with Gasteiger partial charge in [-0.2, -0.15) is 0 Å². The number of hydrogen-bond donors (Lipinski definition) is 1. The van der Waals surface area contributed by atoms with E-state index in [4.69, 9.17) is 0 Å². The molecule has 0 saturated heterocycles. The Morgan fingerprint density at radius 2 is 2.00 bits per heavy atom. The second-order valence-electron chi connectivity index (χ2n) is 2.39. The predicted molar refractivity (Wildman–Crippen MR) is 45.8 cm³/mol. The fourth-order valence-electron chi connectivity index (χ4n) is 0.820. The molecule has 0 heterocycles. The van der Waals surface area contributed by atoms with E-state index in [0.717, 1.165) is 12.1 Å². The van der Waals surface area contributed by atoms with E-state index in [0.29, 0.717) is 6.29 Å². The molecule has 1 aromatic carbocycles. The molecule has 2 nitrogen and oxygen atoms in total. The topological polar surface area (TPSA) is 26.3 Å². The van der Waals surface area contributed by atoms with Gasteiger partial charge in [0.15, 0.2) is 6.29 Å². The van der Waals surface area contributed by atoms with E-state index < -0.39 is 12.1 Å². The second-order valence-corrected chi connectivity index (χ2v) is 2.87. The lowest BCUT2D eigenvalue weighted by atomic mass is 10.2. The van der Waals surface area contributed by atoms with Crippen molar-refractivity contribution in [3.63, 3.8) is 0 Å². The molecule has 6 heteroatoms. The van der Waals surface area contributed by atoms with Gasteiger partial charge < -0.3 is 4.74 Å². The summed E-state index contributed by atoms with van der Waals surface area (Å²) < 4.78 is 38.8. The molecular weight excluding hydrogens is 217 g/mol. The highest BCUT2D eigenvalue weighted by Gasteiger charge is 2.31. The molecular formula is C8H5F3O2S. The van der Waals surface area contributed by atoms with Gasteiger partial charge in [-0.15, -0.1) is 25.8 Å². The van der Waals surface area contributed by atoms with E-state index in [2.05, 4.69) is 17.4 Å². The first-order valence-corrected chi connectivity index (χ1v) is 3.91. The first-order valence-electron chi connectivity index (χ1n) is 3.46. The number of hydrogen-bond acceptors (Lipinski definition) is 3. The zero-order chi connectivity index (χ0) is 10.8. The van der Waals surface area contributed by atoms with Crippen LogP contribution in [0.5, 0.6) is 5.75 Å². The first kappa shape index (κ1) is 10.9. The summed E-state index contributed by atoms with van der Waals surface area (Å²) in [7, 11) is 0. The lowest BCUT2D eigenvalue weighted by Gasteiger charge is -2.09. The quantitative estimate of drug-likeness (QED) is 0.615. The van der Waals surface area contributed by atoms with Gasteiger partial charge in [-0.25, -0.2) is 0 Å². The number of halogens is 3. The van der Waals surface area contributed by atoms with Crippen molar-refractivity contribution in [2.45, 2.75) is 11.3 Å². The molecule has 0 aliphatic carbocycles. The molecule has 76 valence electrons. The molecule has 0 atom stereocenters. The smallest absolute Gasteiger partial charge is 0.406 e. The number of thiol groups is 1. The van der Waals surface area contributed by atoms with Gasteiger partial charge in [0, 0.05) is 10.5 Å². The van der Waals surface area contributed by atoms with Gasteiger partial charge >= 0.3 is 6.36 Å². The largest absolute Gasteiger partial charge is 0.573 e. The van der Waals surface area contributed by atoms with Crippen molar-refractivity contribution >= 4 is 18.9 Å². The number of carbonyl (C=O) groups excluding carboxylic acids is 1. The van der Waals surface area contributed by atoms with Crippen LogP contribution in [0.15, 0.2) is 23.1 Å². The van der Waals surface area contributed by atoms with Gasteiger partial charge in [0.05, 0.1) is 0 Å². The molecule has 1 aromatic rings. The molecule has 14 heavy (non-hydrogen) atoms. The number of alkyl halides is 3. The fraction of sp³-hybridized carbons (Fsp3) is 0.125. The van der Waals surface area contributed by atoms with Crippen molar-refractivity contribution in [2.24, 2.45) is 0 Å². The van der Waals surface area contributed by atoms with E-state index in [9.17, 15) is 18.0 Å². The maximum Gasteiger partial charge on any atom is 0.573 e. The van der Waals surface area contributed by atoms with Crippen molar-refractivity contribution in [1.82, 2.24) is 0 Å². The Kier molecular flexibility index (Phi) is 3.05. The van der Waals surface area contributed by atoms with E-state index in [1.54, 1.807) is 0 Å². The number of rotatable bonds is 2. The number of carbonyl (C=O) groups is 1. The van der Waals surface area contributed by atoms with Crippen LogP contribution in [0.3, 0.4) is 0 Å². The Balaban J connectivity index is 2.92. The monoisotopic (exact) mass is 222 g/mol. The third kappa shape index (κ3) is 2.95. The summed E-state index contributed by atoms with van der Waals surface area (Å²) >= 11 is 3.82. The molecule has 0 fully saturated rings. The molecule has 0 spiro atoms. The molecule has 0 aliphatic heterocycles. The summed E-state index contributed by atoms with van der Waals surface area (Å²) in [6, 6.07) is 3.29. The molecule has 0 saturated carbocycles. The average molecular weight is 222 g/mol. The van der Waals surface area contributed by atoms with Crippen molar-refractivity contribution in [1.29, 1.82) is 0 Å². The summed E-state index contributed by atoms with van der Waals surface area (Å²) in [5.41, 5.74) is 0.211. The first-order chi connectivity index (χ1) is 6.42. The second kappa shape index (κ2) is 3.91. The molecule has 0 radical (unpaired) electrons. The van der Waals surface area contributed by atoms with Crippen LogP contribution in [0.4, 0.5) is 13.2 Å². The van der Waals surface area contributed by atoms with Gasteiger partial charge in [-0.1, -0.05) is 0 Å². The number of ether oxygens (including phenoxy) is 1. The van der Waals surface area contributed by atoms with Crippen molar-refractivity contribution in [3.05, 3.63) is 23.8 Å². The highest BCUT2D eigenvalue weighted by molar-refractivity contribution is 7.80. The zero-order valence-corrected chi connectivity index (χ0v) is 7.60. The lowest BCUT2D eigenvalue weighted by Crippen LogP contribution is -2.17. The van der Waals surface area contributed by atoms with E-state index >= 15 is 0 Å². The van der Waals surface area contributed by atoms with Gasteiger partial charge in [-0.05, 0) is 18.2 Å². The van der Waals surface area contributed by atoms with Crippen LogP contribution in [0.1, 0.15) is 10.4 Å². The molecule has 0 aliphatic rings. The van der Waals surface area contributed by atoms with E-state index in [1.807, 2.05) is 0 Å². The third-order valence-corrected chi connectivity index (χ3v) is 1.75. The lowest BCUT2D eigenvalue weighted by molar-refractivity contribution is -0.274. The summed E-state index contributed by atoms with van der Waals surface area (Å²) in [5.74, 6) is -0.395. The molecule has 0 bridgehead atoms. The number of benzene rings is 1. The summed E-state index contributed by atoms with van der Waals surface area (Å²) in [6.07, 6.45) is -4.23. The SMILES string of the molecule is O=Cc1ccc(OC(F)(F)F)cc1S. The highest BCUT2D eigenvalue weighted by atomic mass is 32.1. The maximum atomic E-state index is 11.7. The van der Waals surface area contributed by atoms with Crippen LogP contribution in [0, 0.1) is 0 Å². The number of aldehydes is 1. The van der Waals surface area contributed by atoms with Crippen molar-refractivity contribution in [2.75, 3.05) is 0 Å². The highest BCUT2D eigenvalue weighted by Crippen LogP contribution is 2.25. The Bertz CT molecular complexity index is 349. The molecule has 0 N–H and O–H groups in total. The molecule has 0 unspecified atom stereocenters. The van der Waals surface area contributed by atoms with Gasteiger partial charge in [-0.3, -0.25) is 4.79 Å². The van der Waals surface area contributed by atoms with E-state index in [-0.39, 0.29) is 10.5 Å². The summed E-state index contributed by atoms with van der Waals surface area (Å²) in [4.78, 5) is 10.5. The Hall–Kier alpha value is -1.17. The summed E-state index contributed by atoms with van der Waals surface area (Å²) in [5, 5.41) is 0. The zero-order valence-electron chi connectivity index (χ0n) is 6.71. The Labute approximate surface area is 83.1 Å². The van der Waals surface area contributed by atoms with Crippen molar-refractivity contribution in [3.8, 4) is 5.75 Å². The maximum absolute atomic E-state index is 11.7. The van der Waals surface area contributed by atoms with Crippen LogP contribution in [-0.2, 0) is 0 Å². The fourth-order valence-corrected chi connectivity index (χ4v) is 1.07. The van der Waals surface area contributed by atoms with E-state index in [1.165, 1.54) is 6.07 Å². The van der Waals surface area contributed by atoms with Gasteiger partial charge in [0.2, 0.25) is 0 Å². The minimum atomic E-state index is -4.73. The molecule has 0 aromatic heterocycles. The minimum absolute atomic E-state index is 0.141. The van der Waals surface area contributed by atoms with Crippen LogP contribution in [0.2, 0.25) is 0 Å². The summed E-state index contributed by atoms with van der Waals surface area (Å²) in [6.45, 7) is 0. The van der Waals surface area contributed by atoms with Crippen LogP contribution in [-0.4, -0.2) is 12.6 Å². The average Bonchev–Trinajstić information content (AvgIpc) is 2.01. The molecule has 1 rings (SSSR count). The Morgan fingerprint density at radius 1 is 1.36 bits per heavy atom. The Morgan fingerprint density at radius 3 is 2.43 bits per heavy atom. The standard InChI is InChI=1S/C8H5F3O2S/c9-8(10,11)13-6-2-1-5(4-12)7(14)3-6/h1-4,14H. The van der Waals surface area contributed by atoms with Crippen molar-refractivity contribution < 1.29 is 22.7 Å². The predicted octanol–water partition coefficient (Wildman–Crippen LogP) is 2.69. The minimum Gasteiger partial charge on any atom is -0.406 e. The normalized spacial score (nSPS) is 11.1.